The lowest BCUT2D eigenvalue weighted by Crippen LogP contribution is -2.35. The fourth-order valence-electron chi connectivity index (χ4n) is 3.75. The van der Waals surface area contributed by atoms with Crippen molar-refractivity contribution >= 4 is 49.1 Å². The first-order valence-corrected chi connectivity index (χ1v) is 12.4. The molecular weight excluding hydrogens is 442 g/mol. The van der Waals surface area contributed by atoms with Gasteiger partial charge in [-0.1, -0.05) is 29.4 Å². The topological polar surface area (TPSA) is 71.7 Å². The van der Waals surface area contributed by atoms with Crippen LogP contribution in [-0.2, 0) is 17.1 Å². The SMILES string of the molecule is Cc1cc(Cl)cc2sc(=NC(=O)c3ccc(S(=O)(=O)N4CCCCC4)cc3)n(C)c12. The van der Waals surface area contributed by atoms with Crippen LogP contribution in [-0.4, -0.2) is 36.3 Å². The van der Waals surface area contributed by atoms with Gasteiger partial charge in [-0.15, -0.1) is 0 Å². The van der Waals surface area contributed by atoms with Crippen LogP contribution < -0.4 is 4.80 Å². The highest BCUT2D eigenvalue weighted by Crippen LogP contribution is 2.25. The van der Waals surface area contributed by atoms with E-state index in [0.29, 0.717) is 28.5 Å². The third-order valence-electron chi connectivity index (χ3n) is 5.31. The van der Waals surface area contributed by atoms with Crippen molar-refractivity contribution in [3.8, 4) is 0 Å². The molecule has 0 spiro atoms. The van der Waals surface area contributed by atoms with Crippen molar-refractivity contribution in [2.75, 3.05) is 13.1 Å². The fraction of sp³-hybridized carbons (Fsp3) is 0.333. The van der Waals surface area contributed by atoms with Crippen LogP contribution in [0.15, 0.2) is 46.3 Å². The maximum atomic E-state index is 12.8. The van der Waals surface area contributed by atoms with Gasteiger partial charge in [0.1, 0.15) is 0 Å². The summed E-state index contributed by atoms with van der Waals surface area (Å²) in [6, 6.07) is 9.77. The number of amides is 1. The first kappa shape index (κ1) is 21.2. The third kappa shape index (κ3) is 3.97. The second-order valence-electron chi connectivity index (χ2n) is 7.42. The van der Waals surface area contributed by atoms with Crippen molar-refractivity contribution in [2.24, 2.45) is 12.0 Å². The molecule has 158 valence electrons. The van der Waals surface area contributed by atoms with E-state index in [1.807, 2.05) is 30.7 Å². The highest BCUT2D eigenvalue weighted by molar-refractivity contribution is 7.89. The lowest BCUT2D eigenvalue weighted by Gasteiger charge is -2.25. The molecule has 1 saturated heterocycles. The molecule has 4 rings (SSSR count). The number of carbonyl (C=O) groups is 1. The summed E-state index contributed by atoms with van der Waals surface area (Å²) in [4.78, 5) is 17.7. The summed E-state index contributed by atoms with van der Waals surface area (Å²) < 4.78 is 29.9. The number of hydrogen-bond acceptors (Lipinski definition) is 4. The van der Waals surface area contributed by atoms with Gasteiger partial charge in [0.2, 0.25) is 10.0 Å². The molecule has 1 aromatic heterocycles. The lowest BCUT2D eigenvalue weighted by molar-refractivity contribution is 0.0998. The van der Waals surface area contributed by atoms with Gasteiger partial charge in [0.15, 0.2) is 4.80 Å². The number of carbonyl (C=O) groups excluding carboxylic acids is 1. The number of aromatic nitrogens is 1. The number of thiazole rings is 1. The minimum absolute atomic E-state index is 0.207. The van der Waals surface area contributed by atoms with Crippen LogP contribution in [0.25, 0.3) is 10.2 Å². The Morgan fingerprint density at radius 3 is 2.43 bits per heavy atom. The number of fused-ring (bicyclic) bond motifs is 1. The second-order valence-corrected chi connectivity index (χ2v) is 10.8. The summed E-state index contributed by atoms with van der Waals surface area (Å²) in [6.07, 6.45) is 2.82. The largest absolute Gasteiger partial charge is 0.319 e. The van der Waals surface area contributed by atoms with Gasteiger partial charge in [0.25, 0.3) is 5.91 Å². The molecule has 1 aliphatic rings. The van der Waals surface area contributed by atoms with Crippen molar-refractivity contribution in [3.63, 3.8) is 0 Å². The Balaban J connectivity index is 1.64. The summed E-state index contributed by atoms with van der Waals surface area (Å²) in [7, 11) is -1.66. The van der Waals surface area contributed by atoms with Gasteiger partial charge in [-0.05, 0) is 61.7 Å². The number of hydrogen-bond donors (Lipinski definition) is 0. The molecule has 1 amide bonds. The van der Waals surface area contributed by atoms with Gasteiger partial charge in [0.05, 0.1) is 15.1 Å². The molecular formula is C21H22ClN3O3S2. The summed E-state index contributed by atoms with van der Waals surface area (Å²) >= 11 is 7.53. The minimum Gasteiger partial charge on any atom is -0.319 e. The number of rotatable bonds is 3. The van der Waals surface area contributed by atoms with Crippen molar-refractivity contribution in [1.29, 1.82) is 0 Å². The molecule has 3 aromatic rings. The van der Waals surface area contributed by atoms with E-state index in [4.69, 9.17) is 11.6 Å². The van der Waals surface area contributed by atoms with E-state index in [9.17, 15) is 13.2 Å². The number of halogens is 1. The van der Waals surface area contributed by atoms with Gasteiger partial charge in [-0.25, -0.2) is 8.42 Å². The van der Waals surface area contributed by atoms with Gasteiger partial charge in [-0.3, -0.25) is 4.79 Å². The molecule has 1 aliphatic heterocycles. The number of sulfonamides is 1. The van der Waals surface area contributed by atoms with Crippen LogP contribution in [0.4, 0.5) is 0 Å². The Morgan fingerprint density at radius 1 is 1.10 bits per heavy atom. The van der Waals surface area contributed by atoms with Crippen LogP contribution in [0, 0.1) is 6.92 Å². The zero-order chi connectivity index (χ0) is 21.5. The molecule has 1 fully saturated rings. The average molecular weight is 464 g/mol. The summed E-state index contributed by atoms with van der Waals surface area (Å²) in [6.45, 7) is 3.06. The molecule has 0 aliphatic carbocycles. The van der Waals surface area contributed by atoms with Crippen LogP contribution in [0.2, 0.25) is 5.02 Å². The molecule has 2 aromatic carbocycles. The van der Waals surface area contributed by atoms with Gasteiger partial charge >= 0.3 is 0 Å². The molecule has 0 bridgehead atoms. The van der Waals surface area contributed by atoms with E-state index in [0.717, 1.165) is 35.0 Å². The van der Waals surface area contributed by atoms with E-state index in [1.54, 1.807) is 0 Å². The van der Waals surface area contributed by atoms with Gasteiger partial charge < -0.3 is 4.57 Å². The van der Waals surface area contributed by atoms with E-state index >= 15 is 0 Å². The van der Waals surface area contributed by atoms with Crippen LogP contribution in [0.5, 0.6) is 0 Å². The van der Waals surface area contributed by atoms with E-state index in [2.05, 4.69) is 4.99 Å². The Morgan fingerprint density at radius 2 is 1.77 bits per heavy atom. The number of piperidine rings is 1. The first-order chi connectivity index (χ1) is 14.3. The molecule has 6 nitrogen and oxygen atoms in total. The van der Waals surface area contributed by atoms with Crippen molar-refractivity contribution in [3.05, 3.63) is 57.3 Å². The molecule has 2 heterocycles. The second kappa shape index (κ2) is 8.26. The van der Waals surface area contributed by atoms with E-state index in [-0.39, 0.29) is 4.90 Å². The molecule has 0 atom stereocenters. The molecule has 9 heteroatoms. The smallest absolute Gasteiger partial charge is 0.279 e. The first-order valence-electron chi connectivity index (χ1n) is 9.72. The molecule has 0 radical (unpaired) electrons. The zero-order valence-corrected chi connectivity index (χ0v) is 19.1. The van der Waals surface area contributed by atoms with Crippen LogP contribution in [0.3, 0.4) is 0 Å². The Kier molecular flexibility index (Phi) is 5.85. The van der Waals surface area contributed by atoms with Crippen molar-refractivity contribution in [2.45, 2.75) is 31.1 Å². The molecule has 0 saturated carbocycles. The monoisotopic (exact) mass is 463 g/mol. The number of aryl methyl sites for hydroxylation is 2. The quantitative estimate of drug-likeness (QED) is 0.586. The van der Waals surface area contributed by atoms with E-state index < -0.39 is 15.9 Å². The minimum atomic E-state index is -3.52. The molecule has 30 heavy (non-hydrogen) atoms. The Bertz CT molecular complexity index is 1290. The summed E-state index contributed by atoms with van der Waals surface area (Å²) in [5.41, 5.74) is 2.34. The van der Waals surface area contributed by atoms with E-state index in [1.165, 1.54) is 39.9 Å². The van der Waals surface area contributed by atoms with Crippen LogP contribution in [0.1, 0.15) is 35.2 Å². The third-order valence-corrected chi connectivity index (χ3v) is 8.52. The number of nitrogens with zero attached hydrogens (tertiary/aromatic N) is 3. The van der Waals surface area contributed by atoms with Crippen molar-refractivity contribution in [1.82, 2.24) is 8.87 Å². The zero-order valence-electron chi connectivity index (χ0n) is 16.8. The Labute approximate surface area is 184 Å². The predicted molar refractivity (Wildman–Crippen MR) is 119 cm³/mol. The van der Waals surface area contributed by atoms with Gasteiger partial charge in [-0.2, -0.15) is 9.30 Å². The van der Waals surface area contributed by atoms with Crippen molar-refractivity contribution < 1.29 is 13.2 Å². The van der Waals surface area contributed by atoms with Crippen LogP contribution >= 0.6 is 22.9 Å². The summed E-state index contributed by atoms with van der Waals surface area (Å²) in [5.74, 6) is -0.414. The fourth-order valence-corrected chi connectivity index (χ4v) is 6.74. The maximum Gasteiger partial charge on any atom is 0.279 e. The standard InChI is InChI=1S/C21H22ClN3O3S2/c1-14-12-16(22)13-18-19(14)24(2)21(29-18)23-20(26)15-6-8-17(9-7-15)30(27,28)25-10-4-3-5-11-25/h6-9,12-13H,3-5,10-11H2,1-2H3. The maximum absolute atomic E-state index is 12.8. The predicted octanol–water partition coefficient (Wildman–Crippen LogP) is 4.12. The normalized spacial score (nSPS) is 16.3. The molecule has 0 unspecified atom stereocenters. The lowest BCUT2D eigenvalue weighted by atomic mass is 10.2. The number of benzene rings is 2. The van der Waals surface area contributed by atoms with Gasteiger partial charge in [0, 0.05) is 30.7 Å². The molecule has 0 N–H and O–H groups in total. The Hall–Kier alpha value is -2.00. The average Bonchev–Trinajstić information content (AvgIpc) is 3.03. The highest BCUT2D eigenvalue weighted by Gasteiger charge is 2.25. The summed E-state index contributed by atoms with van der Waals surface area (Å²) in [5, 5.41) is 0.644. The highest BCUT2D eigenvalue weighted by atomic mass is 35.5.